The molecule has 1 aliphatic carbocycles. The topological polar surface area (TPSA) is 85.4 Å². The molecule has 2 fully saturated rings. The third-order valence-electron chi connectivity index (χ3n) is 5.62. The molecular weight excluding hydrogens is 491 g/mol. The second kappa shape index (κ2) is 10.2. The normalized spacial score (nSPS) is 17.4. The highest BCUT2D eigenvalue weighted by atomic mass is 127. The lowest BCUT2D eigenvalue weighted by molar-refractivity contribution is 0.172. The Morgan fingerprint density at radius 3 is 2.43 bits per heavy atom. The van der Waals surface area contributed by atoms with Gasteiger partial charge < -0.3 is 14.8 Å². The van der Waals surface area contributed by atoms with E-state index in [-0.39, 0.29) is 24.0 Å². The zero-order chi connectivity index (χ0) is 20.2. The minimum absolute atomic E-state index is 0. The van der Waals surface area contributed by atoms with Gasteiger partial charge in [-0.15, -0.1) is 34.2 Å². The van der Waals surface area contributed by atoms with Gasteiger partial charge in [-0.1, -0.05) is 12.1 Å². The van der Waals surface area contributed by atoms with Crippen molar-refractivity contribution in [1.82, 2.24) is 29.9 Å². The summed E-state index contributed by atoms with van der Waals surface area (Å²) in [7, 11) is 1.98. The largest absolute Gasteiger partial charge is 0.353 e. The number of halogens is 1. The SMILES string of the molecule is Cc1nnc(CN=C(NC2CC2)N2CCN(Cc3ccc(C#N)cc3)CC2)n1C.I. The molecule has 0 unspecified atom stereocenters. The molecule has 0 spiro atoms. The Kier molecular flexibility index (Phi) is 7.66. The Morgan fingerprint density at radius 2 is 1.87 bits per heavy atom. The van der Waals surface area contributed by atoms with Gasteiger partial charge in [-0.25, -0.2) is 4.99 Å². The molecule has 0 bridgehead atoms. The van der Waals surface area contributed by atoms with Crippen molar-refractivity contribution in [2.24, 2.45) is 12.0 Å². The van der Waals surface area contributed by atoms with E-state index in [9.17, 15) is 0 Å². The quantitative estimate of drug-likeness (QED) is 0.369. The number of aliphatic imine (C=N–C) groups is 1. The van der Waals surface area contributed by atoms with E-state index in [2.05, 4.69) is 43.5 Å². The summed E-state index contributed by atoms with van der Waals surface area (Å²) in [5.41, 5.74) is 1.96. The van der Waals surface area contributed by atoms with Crippen molar-refractivity contribution in [2.75, 3.05) is 26.2 Å². The number of nitrogens with zero attached hydrogens (tertiary/aromatic N) is 7. The highest BCUT2D eigenvalue weighted by Crippen LogP contribution is 2.19. The van der Waals surface area contributed by atoms with Crippen LogP contribution in [-0.2, 0) is 20.1 Å². The Balaban J connectivity index is 0.00000256. The molecule has 30 heavy (non-hydrogen) atoms. The second-order valence-electron chi connectivity index (χ2n) is 7.85. The summed E-state index contributed by atoms with van der Waals surface area (Å²) >= 11 is 0. The smallest absolute Gasteiger partial charge is 0.194 e. The summed E-state index contributed by atoms with van der Waals surface area (Å²) in [6.07, 6.45) is 2.45. The molecule has 1 aromatic heterocycles. The van der Waals surface area contributed by atoms with Crippen molar-refractivity contribution in [2.45, 2.75) is 38.9 Å². The average molecular weight is 520 g/mol. The fourth-order valence-corrected chi connectivity index (χ4v) is 3.44. The molecule has 2 heterocycles. The third-order valence-corrected chi connectivity index (χ3v) is 5.62. The number of hydrogen-bond acceptors (Lipinski definition) is 5. The first-order valence-corrected chi connectivity index (χ1v) is 10.2. The van der Waals surface area contributed by atoms with Crippen LogP contribution in [0.4, 0.5) is 0 Å². The highest BCUT2D eigenvalue weighted by Gasteiger charge is 2.27. The van der Waals surface area contributed by atoms with Crippen LogP contribution in [0.3, 0.4) is 0 Å². The second-order valence-corrected chi connectivity index (χ2v) is 7.85. The van der Waals surface area contributed by atoms with Crippen LogP contribution in [0.15, 0.2) is 29.3 Å². The lowest BCUT2D eigenvalue weighted by Crippen LogP contribution is -2.52. The molecule has 9 heteroatoms. The van der Waals surface area contributed by atoms with Gasteiger partial charge in [0.15, 0.2) is 11.8 Å². The van der Waals surface area contributed by atoms with E-state index in [0.717, 1.165) is 50.3 Å². The molecule has 8 nitrogen and oxygen atoms in total. The first-order valence-electron chi connectivity index (χ1n) is 10.2. The number of benzene rings is 1. The van der Waals surface area contributed by atoms with E-state index in [1.165, 1.54) is 18.4 Å². The van der Waals surface area contributed by atoms with Gasteiger partial charge in [-0.2, -0.15) is 5.26 Å². The first-order chi connectivity index (χ1) is 14.1. The summed E-state index contributed by atoms with van der Waals surface area (Å²) in [6.45, 7) is 7.30. The van der Waals surface area contributed by atoms with Gasteiger partial charge in [0.25, 0.3) is 0 Å². The molecular formula is C21H29IN8. The standard InChI is InChI=1S/C21H28N8.HI/c1-16-25-26-20(27(16)2)14-23-21(24-19-7-8-19)29-11-9-28(10-12-29)15-18-5-3-17(13-22)4-6-18;/h3-6,19H,7-12,14-15H2,1-2H3,(H,23,24);1H. The van der Waals surface area contributed by atoms with Gasteiger partial charge in [-0.05, 0) is 37.5 Å². The third kappa shape index (κ3) is 5.70. The summed E-state index contributed by atoms with van der Waals surface area (Å²) in [5, 5.41) is 20.9. The number of piperazine rings is 1. The summed E-state index contributed by atoms with van der Waals surface area (Å²) in [4.78, 5) is 9.67. The maximum Gasteiger partial charge on any atom is 0.194 e. The van der Waals surface area contributed by atoms with Crippen LogP contribution in [0.2, 0.25) is 0 Å². The lowest BCUT2D eigenvalue weighted by Gasteiger charge is -2.36. The monoisotopic (exact) mass is 520 g/mol. The molecule has 1 saturated carbocycles. The van der Waals surface area contributed by atoms with E-state index in [1.54, 1.807) is 0 Å². The zero-order valence-electron chi connectivity index (χ0n) is 17.6. The van der Waals surface area contributed by atoms with Gasteiger partial charge in [0.05, 0.1) is 11.6 Å². The van der Waals surface area contributed by atoms with Gasteiger partial charge >= 0.3 is 0 Å². The summed E-state index contributed by atoms with van der Waals surface area (Å²) in [6, 6.07) is 10.6. The lowest BCUT2D eigenvalue weighted by atomic mass is 10.1. The first kappa shape index (κ1) is 22.5. The van der Waals surface area contributed by atoms with Crippen LogP contribution in [0.25, 0.3) is 0 Å². The van der Waals surface area contributed by atoms with Gasteiger partial charge in [0.1, 0.15) is 12.4 Å². The molecule has 160 valence electrons. The fraction of sp³-hybridized carbons (Fsp3) is 0.524. The fourth-order valence-electron chi connectivity index (χ4n) is 3.44. The number of guanidine groups is 1. The van der Waals surface area contributed by atoms with Crippen LogP contribution >= 0.6 is 24.0 Å². The van der Waals surface area contributed by atoms with Crippen molar-refractivity contribution in [3.05, 3.63) is 47.0 Å². The molecule has 0 amide bonds. The average Bonchev–Trinajstić information content (AvgIpc) is 3.52. The van der Waals surface area contributed by atoms with Crippen LogP contribution in [0, 0.1) is 18.3 Å². The Bertz CT molecular complexity index is 902. The minimum Gasteiger partial charge on any atom is -0.353 e. The molecule has 0 radical (unpaired) electrons. The summed E-state index contributed by atoms with van der Waals surface area (Å²) in [5.74, 6) is 2.78. The maximum atomic E-state index is 8.94. The van der Waals surface area contributed by atoms with Crippen molar-refractivity contribution >= 4 is 29.9 Å². The Hall–Kier alpha value is -2.19. The van der Waals surface area contributed by atoms with Gasteiger partial charge in [0, 0.05) is 45.8 Å². The molecule has 1 aliphatic heterocycles. The predicted molar refractivity (Wildman–Crippen MR) is 126 cm³/mol. The number of nitriles is 1. The van der Waals surface area contributed by atoms with Crippen molar-refractivity contribution in [3.8, 4) is 6.07 Å². The van der Waals surface area contributed by atoms with E-state index in [1.807, 2.05) is 30.7 Å². The molecule has 1 saturated heterocycles. The van der Waals surface area contributed by atoms with E-state index in [4.69, 9.17) is 10.3 Å². The molecule has 0 atom stereocenters. The van der Waals surface area contributed by atoms with Crippen LogP contribution < -0.4 is 5.32 Å². The van der Waals surface area contributed by atoms with Gasteiger partial charge in [-0.3, -0.25) is 4.90 Å². The van der Waals surface area contributed by atoms with Crippen LogP contribution in [-0.4, -0.2) is 62.7 Å². The molecule has 1 N–H and O–H groups in total. The highest BCUT2D eigenvalue weighted by molar-refractivity contribution is 14.0. The van der Waals surface area contributed by atoms with Crippen molar-refractivity contribution < 1.29 is 0 Å². The minimum atomic E-state index is 0. The van der Waals surface area contributed by atoms with Gasteiger partial charge in [0.2, 0.25) is 0 Å². The molecule has 2 aromatic rings. The molecule has 1 aromatic carbocycles. The number of rotatable bonds is 5. The van der Waals surface area contributed by atoms with Crippen LogP contribution in [0.1, 0.15) is 35.6 Å². The number of nitrogens with one attached hydrogen (secondary N) is 1. The Morgan fingerprint density at radius 1 is 1.17 bits per heavy atom. The number of aryl methyl sites for hydroxylation is 1. The van der Waals surface area contributed by atoms with E-state index >= 15 is 0 Å². The number of hydrogen-bond donors (Lipinski definition) is 1. The maximum absolute atomic E-state index is 8.94. The summed E-state index contributed by atoms with van der Waals surface area (Å²) < 4.78 is 1.99. The van der Waals surface area contributed by atoms with E-state index < -0.39 is 0 Å². The molecule has 4 rings (SSSR count). The van der Waals surface area contributed by atoms with E-state index in [0.29, 0.717) is 18.2 Å². The molecule has 2 aliphatic rings. The predicted octanol–water partition coefficient (Wildman–Crippen LogP) is 2.04. The van der Waals surface area contributed by atoms with Crippen LogP contribution in [0.5, 0.6) is 0 Å². The Labute approximate surface area is 195 Å². The van der Waals surface area contributed by atoms with Crippen molar-refractivity contribution in [3.63, 3.8) is 0 Å². The zero-order valence-corrected chi connectivity index (χ0v) is 19.9. The van der Waals surface area contributed by atoms with Crippen molar-refractivity contribution in [1.29, 1.82) is 5.26 Å². The number of aromatic nitrogens is 3.